The van der Waals surface area contributed by atoms with Crippen molar-refractivity contribution in [3.63, 3.8) is 0 Å². The molecule has 2 rings (SSSR count). The van der Waals surface area contributed by atoms with E-state index in [0.717, 1.165) is 17.8 Å². The molecule has 1 aromatic rings. The van der Waals surface area contributed by atoms with Crippen LogP contribution in [0, 0.1) is 12.3 Å². The first-order valence-electron chi connectivity index (χ1n) is 6.08. The molecule has 1 fully saturated rings. The van der Waals surface area contributed by atoms with Crippen molar-refractivity contribution in [2.45, 2.75) is 33.1 Å². The lowest BCUT2D eigenvalue weighted by atomic mass is 9.70. The predicted molar refractivity (Wildman–Crippen MR) is 68.6 cm³/mol. The van der Waals surface area contributed by atoms with Crippen LogP contribution < -0.4 is 5.32 Å². The summed E-state index contributed by atoms with van der Waals surface area (Å²) >= 11 is 0. The van der Waals surface area contributed by atoms with Gasteiger partial charge in [-0.05, 0) is 42.9 Å². The van der Waals surface area contributed by atoms with Gasteiger partial charge in [0, 0.05) is 12.2 Å². The second-order valence-electron chi connectivity index (χ2n) is 5.37. The number of nitrogens with one attached hydrogen (secondary N) is 1. The Morgan fingerprint density at radius 3 is 2.71 bits per heavy atom. The van der Waals surface area contributed by atoms with Crippen molar-refractivity contribution in [3.05, 3.63) is 29.3 Å². The minimum atomic E-state index is -0.869. The monoisotopic (exact) mass is 233 g/mol. The van der Waals surface area contributed by atoms with Gasteiger partial charge in [-0.2, -0.15) is 0 Å². The lowest BCUT2D eigenvalue weighted by Crippen LogP contribution is -2.33. The van der Waals surface area contributed by atoms with E-state index in [-0.39, 0.29) is 0 Å². The molecule has 0 unspecified atom stereocenters. The smallest absolute Gasteiger partial charge is 0.337 e. The van der Waals surface area contributed by atoms with Gasteiger partial charge in [0.05, 0.1) is 5.56 Å². The van der Waals surface area contributed by atoms with E-state index >= 15 is 0 Å². The highest BCUT2D eigenvalue weighted by atomic mass is 16.4. The molecule has 1 saturated carbocycles. The van der Waals surface area contributed by atoms with Gasteiger partial charge in [0.25, 0.3) is 0 Å². The molecule has 3 heteroatoms. The Kier molecular flexibility index (Phi) is 3.09. The van der Waals surface area contributed by atoms with Crippen LogP contribution in [0.3, 0.4) is 0 Å². The van der Waals surface area contributed by atoms with Crippen LogP contribution in [0.15, 0.2) is 18.2 Å². The molecule has 17 heavy (non-hydrogen) atoms. The second kappa shape index (κ2) is 4.40. The van der Waals surface area contributed by atoms with Crippen LogP contribution in [0.5, 0.6) is 0 Å². The molecule has 0 aliphatic heterocycles. The van der Waals surface area contributed by atoms with Crippen LogP contribution in [0.25, 0.3) is 0 Å². The highest BCUT2D eigenvalue weighted by molar-refractivity contribution is 5.94. The molecule has 0 saturated heterocycles. The van der Waals surface area contributed by atoms with Gasteiger partial charge in [-0.1, -0.05) is 19.4 Å². The molecule has 0 atom stereocenters. The zero-order chi connectivity index (χ0) is 12.5. The number of carbonyl (C=O) groups is 1. The van der Waals surface area contributed by atoms with Gasteiger partial charge in [0.2, 0.25) is 0 Å². The quantitative estimate of drug-likeness (QED) is 0.839. The van der Waals surface area contributed by atoms with E-state index in [1.165, 1.54) is 19.3 Å². The summed E-state index contributed by atoms with van der Waals surface area (Å²) in [5, 5.41) is 12.4. The largest absolute Gasteiger partial charge is 0.478 e. The standard InChI is InChI=1S/C14H19NO2/c1-10-4-5-11(13(16)17)12(8-10)15-9-14(2)6-3-7-14/h4-5,8,15H,3,6-7,9H2,1-2H3,(H,16,17). The fourth-order valence-corrected chi connectivity index (χ4v) is 2.26. The summed E-state index contributed by atoms with van der Waals surface area (Å²) in [6.07, 6.45) is 3.75. The third-order valence-corrected chi connectivity index (χ3v) is 3.67. The topological polar surface area (TPSA) is 49.3 Å². The van der Waals surface area contributed by atoms with Crippen molar-refractivity contribution in [1.82, 2.24) is 0 Å². The van der Waals surface area contributed by atoms with E-state index in [1.54, 1.807) is 6.07 Å². The maximum Gasteiger partial charge on any atom is 0.337 e. The first-order chi connectivity index (χ1) is 8.00. The van der Waals surface area contributed by atoms with Gasteiger partial charge < -0.3 is 10.4 Å². The van der Waals surface area contributed by atoms with Crippen LogP contribution >= 0.6 is 0 Å². The number of carboxylic acid groups (broad SMARTS) is 1. The summed E-state index contributed by atoms with van der Waals surface area (Å²) in [4.78, 5) is 11.1. The number of hydrogen-bond acceptors (Lipinski definition) is 2. The van der Waals surface area contributed by atoms with E-state index in [9.17, 15) is 4.79 Å². The number of hydrogen-bond donors (Lipinski definition) is 2. The summed E-state index contributed by atoms with van der Waals surface area (Å²) < 4.78 is 0. The maximum atomic E-state index is 11.1. The molecule has 2 N–H and O–H groups in total. The first-order valence-corrected chi connectivity index (χ1v) is 6.08. The molecule has 1 aliphatic rings. The number of aryl methyl sites for hydroxylation is 1. The molecule has 0 aromatic heterocycles. The van der Waals surface area contributed by atoms with Crippen molar-refractivity contribution in [1.29, 1.82) is 0 Å². The van der Waals surface area contributed by atoms with Crippen molar-refractivity contribution in [2.75, 3.05) is 11.9 Å². The first kappa shape index (κ1) is 12.0. The van der Waals surface area contributed by atoms with Crippen LogP contribution in [0.2, 0.25) is 0 Å². The average Bonchev–Trinajstić information content (AvgIpc) is 2.23. The normalized spacial score (nSPS) is 17.3. The highest BCUT2D eigenvalue weighted by Crippen LogP contribution is 2.40. The molecule has 0 amide bonds. The Bertz CT molecular complexity index is 436. The molecule has 0 heterocycles. The average molecular weight is 233 g/mol. The Balaban J connectivity index is 2.13. The summed E-state index contributed by atoms with van der Waals surface area (Å²) in [5.41, 5.74) is 2.53. The van der Waals surface area contributed by atoms with E-state index in [0.29, 0.717) is 11.0 Å². The third kappa shape index (κ3) is 2.60. The predicted octanol–water partition coefficient (Wildman–Crippen LogP) is 3.30. The lowest BCUT2D eigenvalue weighted by Gasteiger charge is -2.38. The van der Waals surface area contributed by atoms with E-state index < -0.39 is 5.97 Å². The minimum absolute atomic E-state index is 0.347. The molecular weight excluding hydrogens is 214 g/mol. The Morgan fingerprint density at radius 1 is 1.47 bits per heavy atom. The molecule has 92 valence electrons. The number of rotatable bonds is 4. The zero-order valence-electron chi connectivity index (χ0n) is 10.4. The SMILES string of the molecule is Cc1ccc(C(=O)O)c(NCC2(C)CCC2)c1. The van der Waals surface area contributed by atoms with Crippen LogP contribution in [0.1, 0.15) is 42.1 Å². The van der Waals surface area contributed by atoms with Crippen molar-refractivity contribution >= 4 is 11.7 Å². The van der Waals surface area contributed by atoms with Gasteiger partial charge in [0.15, 0.2) is 0 Å². The van der Waals surface area contributed by atoms with Gasteiger partial charge in [-0.25, -0.2) is 4.79 Å². The van der Waals surface area contributed by atoms with Crippen molar-refractivity contribution in [2.24, 2.45) is 5.41 Å². The molecule has 0 spiro atoms. The number of benzene rings is 1. The fraction of sp³-hybridized carbons (Fsp3) is 0.500. The van der Waals surface area contributed by atoms with Gasteiger partial charge in [-0.3, -0.25) is 0 Å². The third-order valence-electron chi connectivity index (χ3n) is 3.67. The molecule has 3 nitrogen and oxygen atoms in total. The summed E-state index contributed by atoms with van der Waals surface area (Å²) in [7, 11) is 0. The van der Waals surface area contributed by atoms with E-state index in [1.807, 2.05) is 19.1 Å². The molecule has 0 radical (unpaired) electrons. The van der Waals surface area contributed by atoms with Crippen molar-refractivity contribution < 1.29 is 9.90 Å². The summed E-state index contributed by atoms with van der Waals surface area (Å²) in [5.74, 6) is -0.869. The highest BCUT2D eigenvalue weighted by Gasteiger charge is 2.31. The van der Waals surface area contributed by atoms with E-state index in [4.69, 9.17) is 5.11 Å². The van der Waals surface area contributed by atoms with Crippen LogP contribution in [-0.2, 0) is 0 Å². The summed E-state index contributed by atoms with van der Waals surface area (Å²) in [6, 6.07) is 5.41. The minimum Gasteiger partial charge on any atom is -0.478 e. The summed E-state index contributed by atoms with van der Waals surface area (Å²) in [6.45, 7) is 5.08. The van der Waals surface area contributed by atoms with Gasteiger partial charge in [0.1, 0.15) is 0 Å². The molecule has 1 aromatic carbocycles. The van der Waals surface area contributed by atoms with Gasteiger partial charge in [-0.15, -0.1) is 0 Å². The zero-order valence-corrected chi connectivity index (χ0v) is 10.4. The number of carboxylic acids is 1. The number of aromatic carboxylic acids is 1. The molecule has 0 bridgehead atoms. The second-order valence-corrected chi connectivity index (χ2v) is 5.37. The Hall–Kier alpha value is -1.51. The fourth-order valence-electron chi connectivity index (χ4n) is 2.26. The lowest BCUT2D eigenvalue weighted by molar-refractivity contribution is 0.0697. The van der Waals surface area contributed by atoms with Gasteiger partial charge >= 0.3 is 5.97 Å². The Morgan fingerprint density at radius 2 is 2.18 bits per heavy atom. The van der Waals surface area contributed by atoms with Crippen LogP contribution in [0.4, 0.5) is 5.69 Å². The Labute approximate surface area is 102 Å². The van der Waals surface area contributed by atoms with Crippen LogP contribution in [-0.4, -0.2) is 17.6 Å². The maximum absolute atomic E-state index is 11.1. The van der Waals surface area contributed by atoms with E-state index in [2.05, 4.69) is 12.2 Å². The number of anilines is 1. The molecular formula is C14H19NO2. The van der Waals surface area contributed by atoms with Crippen molar-refractivity contribution in [3.8, 4) is 0 Å². The molecule has 1 aliphatic carbocycles.